The van der Waals surface area contributed by atoms with E-state index in [1.807, 2.05) is 6.92 Å². The molecule has 3 atom stereocenters. The van der Waals surface area contributed by atoms with Gasteiger partial charge < -0.3 is 14.7 Å². The Balaban J connectivity index is 1.64. The fourth-order valence-electron chi connectivity index (χ4n) is 3.24. The van der Waals surface area contributed by atoms with Crippen molar-refractivity contribution in [3.05, 3.63) is 11.6 Å². The van der Waals surface area contributed by atoms with Crippen molar-refractivity contribution in [1.29, 1.82) is 0 Å². The Bertz CT molecular complexity index is 327. The maximum absolute atomic E-state index is 9.47. The molecule has 21 heavy (non-hydrogen) atoms. The summed E-state index contributed by atoms with van der Waals surface area (Å²) in [6.07, 6.45) is 7.94. The molecular formula is C17H32N2O2. The van der Waals surface area contributed by atoms with E-state index in [1.54, 1.807) is 0 Å². The fourth-order valence-corrected chi connectivity index (χ4v) is 3.24. The second-order valence-corrected chi connectivity index (χ2v) is 6.36. The third-order valence-electron chi connectivity index (χ3n) is 4.66. The highest BCUT2D eigenvalue weighted by Gasteiger charge is 2.36. The maximum atomic E-state index is 9.47. The topological polar surface area (TPSA) is 44.7 Å². The lowest BCUT2D eigenvalue weighted by molar-refractivity contribution is -0.115. The Kier molecular flexibility index (Phi) is 7.17. The molecule has 1 aliphatic heterocycles. The molecule has 4 nitrogen and oxygen atoms in total. The lowest BCUT2D eigenvalue weighted by Crippen LogP contribution is -2.32. The highest BCUT2D eigenvalue weighted by atomic mass is 16.6. The standard InChI is InChI=1S/C17H32N2O2/c1-3-14(7-8-18-17(20)21-4-2)11-15-12-16(15)13-19-9-5-6-10-19/h11,15-18,20H,3-10,12-13H2,1-2H3/b14-11+/t15-,16-,17+/m1/s1. The van der Waals surface area contributed by atoms with Crippen LogP contribution in [0.2, 0.25) is 0 Å². The molecule has 0 aromatic heterocycles. The van der Waals surface area contributed by atoms with E-state index in [4.69, 9.17) is 4.74 Å². The van der Waals surface area contributed by atoms with Crippen molar-refractivity contribution >= 4 is 0 Å². The number of allylic oxidation sites excluding steroid dienone is 1. The number of aliphatic hydroxyl groups is 1. The minimum atomic E-state index is -0.822. The Morgan fingerprint density at radius 2 is 2.14 bits per heavy atom. The van der Waals surface area contributed by atoms with Crippen LogP contribution in [0.15, 0.2) is 11.6 Å². The zero-order valence-corrected chi connectivity index (χ0v) is 13.7. The number of ether oxygens (including phenoxy) is 1. The smallest absolute Gasteiger partial charge is 0.213 e. The summed E-state index contributed by atoms with van der Waals surface area (Å²) in [5.74, 6) is 1.70. The van der Waals surface area contributed by atoms with E-state index in [1.165, 1.54) is 44.5 Å². The van der Waals surface area contributed by atoms with Crippen LogP contribution in [-0.2, 0) is 4.74 Å². The van der Waals surface area contributed by atoms with E-state index in [-0.39, 0.29) is 0 Å². The van der Waals surface area contributed by atoms with Crippen LogP contribution in [0.3, 0.4) is 0 Å². The van der Waals surface area contributed by atoms with Crippen molar-refractivity contribution in [1.82, 2.24) is 10.2 Å². The summed E-state index contributed by atoms with van der Waals surface area (Å²) in [7, 11) is 0. The second kappa shape index (κ2) is 8.89. The minimum Gasteiger partial charge on any atom is -0.356 e. The third kappa shape index (κ3) is 6.07. The maximum Gasteiger partial charge on any atom is 0.213 e. The van der Waals surface area contributed by atoms with Gasteiger partial charge in [-0.25, -0.2) is 0 Å². The highest BCUT2D eigenvalue weighted by Crippen LogP contribution is 2.41. The molecule has 2 fully saturated rings. The van der Waals surface area contributed by atoms with E-state index in [9.17, 15) is 5.11 Å². The van der Waals surface area contributed by atoms with Gasteiger partial charge in [0.1, 0.15) is 0 Å². The number of likely N-dealkylation sites (tertiary alicyclic amines) is 1. The minimum absolute atomic E-state index is 0.533. The number of hydrogen-bond donors (Lipinski definition) is 2. The summed E-state index contributed by atoms with van der Waals surface area (Å²) < 4.78 is 5.06. The van der Waals surface area contributed by atoms with Crippen LogP contribution in [0.25, 0.3) is 0 Å². The van der Waals surface area contributed by atoms with Gasteiger partial charge in [0.15, 0.2) is 0 Å². The van der Waals surface area contributed by atoms with Crippen LogP contribution in [-0.4, -0.2) is 49.2 Å². The van der Waals surface area contributed by atoms with Crippen molar-refractivity contribution in [2.75, 3.05) is 32.8 Å². The molecule has 0 unspecified atom stereocenters. The average Bonchev–Trinajstić information content (AvgIpc) is 2.97. The number of nitrogens with one attached hydrogen (secondary N) is 1. The average molecular weight is 296 g/mol. The van der Waals surface area contributed by atoms with Crippen molar-refractivity contribution in [3.8, 4) is 0 Å². The Hall–Kier alpha value is -0.420. The Labute approximate surface area is 129 Å². The molecule has 0 amide bonds. The first kappa shape index (κ1) is 16.9. The van der Waals surface area contributed by atoms with Crippen molar-refractivity contribution in [3.63, 3.8) is 0 Å². The van der Waals surface area contributed by atoms with Crippen LogP contribution in [0.1, 0.15) is 46.0 Å². The quantitative estimate of drug-likeness (QED) is 0.480. The molecule has 0 aromatic rings. The van der Waals surface area contributed by atoms with Crippen molar-refractivity contribution in [2.24, 2.45) is 11.8 Å². The predicted molar refractivity (Wildman–Crippen MR) is 85.9 cm³/mol. The zero-order valence-electron chi connectivity index (χ0n) is 13.7. The van der Waals surface area contributed by atoms with E-state index < -0.39 is 6.41 Å². The molecular weight excluding hydrogens is 264 g/mol. The number of aliphatic hydroxyl groups excluding tert-OH is 1. The molecule has 122 valence electrons. The summed E-state index contributed by atoms with van der Waals surface area (Å²) in [5.41, 5.74) is 1.51. The molecule has 0 radical (unpaired) electrons. The fraction of sp³-hybridized carbons (Fsp3) is 0.882. The number of rotatable bonds is 10. The summed E-state index contributed by atoms with van der Waals surface area (Å²) in [5, 5.41) is 12.5. The third-order valence-corrected chi connectivity index (χ3v) is 4.66. The number of hydrogen-bond acceptors (Lipinski definition) is 4. The second-order valence-electron chi connectivity index (χ2n) is 6.36. The van der Waals surface area contributed by atoms with E-state index in [0.29, 0.717) is 6.61 Å². The molecule has 2 rings (SSSR count). The van der Waals surface area contributed by atoms with Gasteiger partial charge in [0.05, 0.1) is 0 Å². The summed E-state index contributed by atoms with van der Waals surface area (Å²) >= 11 is 0. The van der Waals surface area contributed by atoms with Crippen LogP contribution >= 0.6 is 0 Å². The normalized spacial score (nSPS) is 28.0. The van der Waals surface area contributed by atoms with Gasteiger partial charge in [-0.15, -0.1) is 0 Å². The first-order chi connectivity index (χ1) is 10.2. The van der Waals surface area contributed by atoms with Gasteiger partial charge in [-0.1, -0.05) is 18.6 Å². The van der Waals surface area contributed by atoms with Gasteiger partial charge in [-0.05, 0) is 64.0 Å². The lowest BCUT2D eigenvalue weighted by atomic mass is 10.1. The Morgan fingerprint density at radius 3 is 2.81 bits per heavy atom. The van der Waals surface area contributed by atoms with Gasteiger partial charge in [0, 0.05) is 19.7 Å². The molecule has 0 bridgehead atoms. The molecule has 0 aromatic carbocycles. The van der Waals surface area contributed by atoms with Crippen LogP contribution in [0.4, 0.5) is 0 Å². The zero-order chi connectivity index (χ0) is 15.1. The first-order valence-corrected chi connectivity index (χ1v) is 8.67. The van der Waals surface area contributed by atoms with Gasteiger partial charge in [-0.3, -0.25) is 5.32 Å². The Morgan fingerprint density at radius 1 is 1.38 bits per heavy atom. The predicted octanol–water partition coefficient (Wildman–Crippen LogP) is 2.35. The molecule has 1 aliphatic carbocycles. The largest absolute Gasteiger partial charge is 0.356 e. The van der Waals surface area contributed by atoms with Gasteiger partial charge >= 0.3 is 0 Å². The van der Waals surface area contributed by atoms with E-state index in [2.05, 4.69) is 23.2 Å². The molecule has 0 spiro atoms. The summed E-state index contributed by atoms with van der Waals surface area (Å²) in [4.78, 5) is 2.63. The van der Waals surface area contributed by atoms with Crippen LogP contribution in [0.5, 0.6) is 0 Å². The molecule has 1 saturated carbocycles. The molecule has 1 saturated heterocycles. The molecule has 2 N–H and O–H groups in total. The SMILES string of the molecule is CCO[C@H](O)NCC/C(=C/[C@@H]1C[C@@H]1CN1CCCC1)CC. The van der Waals surface area contributed by atoms with Crippen LogP contribution in [0, 0.1) is 11.8 Å². The van der Waals surface area contributed by atoms with E-state index in [0.717, 1.165) is 31.2 Å². The van der Waals surface area contributed by atoms with Crippen molar-refractivity contribution in [2.45, 2.75) is 52.4 Å². The summed E-state index contributed by atoms with van der Waals surface area (Å²) in [6.45, 7) is 9.35. The number of nitrogens with zero attached hydrogens (tertiary/aromatic N) is 1. The lowest BCUT2D eigenvalue weighted by Gasteiger charge is -2.14. The first-order valence-electron chi connectivity index (χ1n) is 8.67. The van der Waals surface area contributed by atoms with Gasteiger partial charge in [0.2, 0.25) is 6.41 Å². The molecule has 1 heterocycles. The monoisotopic (exact) mass is 296 g/mol. The molecule has 2 aliphatic rings. The highest BCUT2D eigenvalue weighted by molar-refractivity contribution is 5.11. The molecule has 4 heteroatoms. The van der Waals surface area contributed by atoms with Gasteiger partial charge in [0.25, 0.3) is 0 Å². The van der Waals surface area contributed by atoms with Crippen molar-refractivity contribution < 1.29 is 9.84 Å². The summed E-state index contributed by atoms with van der Waals surface area (Å²) in [6, 6.07) is 0. The van der Waals surface area contributed by atoms with Gasteiger partial charge in [-0.2, -0.15) is 0 Å². The van der Waals surface area contributed by atoms with Crippen LogP contribution < -0.4 is 5.32 Å². The van der Waals surface area contributed by atoms with E-state index >= 15 is 0 Å².